The normalized spacial score (nSPS) is 27.7. The first-order valence-electron chi connectivity index (χ1n) is 13.4. The minimum absolute atomic E-state index is 0.0356. The number of hydrogen-bond acceptors (Lipinski definition) is 5. The zero-order valence-electron chi connectivity index (χ0n) is 21.3. The Morgan fingerprint density at radius 3 is 2.53 bits per heavy atom. The van der Waals surface area contributed by atoms with Crippen molar-refractivity contribution in [1.82, 2.24) is 15.2 Å². The number of amides is 1. The molecule has 5 nitrogen and oxygen atoms in total. The second-order valence-electron chi connectivity index (χ2n) is 10.9. The topological polar surface area (TPSA) is 48.5 Å². The number of hydrogen-bond donors (Lipinski definition) is 1. The molecule has 6 rings (SSSR count). The Balaban J connectivity index is 1.33. The molecule has 1 amide bonds. The van der Waals surface area contributed by atoms with E-state index in [4.69, 9.17) is 4.98 Å². The van der Waals surface area contributed by atoms with Crippen molar-refractivity contribution in [3.05, 3.63) is 82.4 Å². The number of aromatic nitrogens is 1. The zero-order chi connectivity index (χ0) is 24.7. The highest BCUT2D eigenvalue weighted by Crippen LogP contribution is 2.50. The summed E-state index contributed by atoms with van der Waals surface area (Å²) < 4.78 is 0. The molecule has 2 aromatic carbocycles. The van der Waals surface area contributed by atoms with E-state index in [-0.39, 0.29) is 17.4 Å². The van der Waals surface area contributed by atoms with E-state index in [2.05, 4.69) is 89.9 Å². The van der Waals surface area contributed by atoms with Gasteiger partial charge in [0.2, 0.25) is 5.91 Å². The van der Waals surface area contributed by atoms with Crippen LogP contribution in [0.5, 0.6) is 0 Å². The monoisotopic (exact) mass is 500 g/mol. The molecular formula is C30H36N4OS. The summed E-state index contributed by atoms with van der Waals surface area (Å²) in [5.74, 6) is 0.765. The lowest BCUT2D eigenvalue weighted by Gasteiger charge is -2.44. The third-order valence-corrected chi connectivity index (χ3v) is 10.1. The Labute approximate surface area is 218 Å². The molecule has 3 heterocycles. The molecule has 1 aromatic heterocycles. The molecule has 2 saturated heterocycles. The Hall–Kier alpha value is -2.70. The number of carbonyl (C=O) groups excluding carboxylic acids is 1. The van der Waals surface area contributed by atoms with Crippen LogP contribution in [-0.2, 0) is 16.6 Å². The lowest BCUT2D eigenvalue weighted by Crippen LogP contribution is -2.50. The number of benzene rings is 2. The summed E-state index contributed by atoms with van der Waals surface area (Å²) >= 11 is 1.81. The Kier molecular flexibility index (Phi) is 6.34. The molecule has 4 atom stereocenters. The third kappa shape index (κ3) is 4.04. The number of aryl methyl sites for hydroxylation is 1. The highest BCUT2D eigenvalue weighted by molar-refractivity contribution is 7.16. The predicted octanol–water partition coefficient (Wildman–Crippen LogP) is 5.15. The molecule has 2 fully saturated rings. The van der Waals surface area contributed by atoms with Crippen molar-refractivity contribution >= 4 is 22.4 Å². The van der Waals surface area contributed by atoms with Gasteiger partial charge in [-0.25, -0.2) is 4.98 Å². The Bertz CT molecular complexity index is 1210. The quantitative estimate of drug-likeness (QED) is 0.538. The summed E-state index contributed by atoms with van der Waals surface area (Å²) in [4.78, 5) is 25.2. The maximum atomic E-state index is 14.5. The van der Waals surface area contributed by atoms with Gasteiger partial charge >= 0.3 is 0 Å². The number of likely N-dealkylation sites (tertiary alicyclic amines) is 1. The van der Waals surface area contributed by atoms with Gasteiger partial charge in [-0.3, -0.25) is 4.79 Å². The van der Waals surface area contributed by atoms with Crippen LogP contribution in [0, 0.1) is 5.92 Å². The van der Waals surface area contributed by atoms with Crippen LogP contribution in [0.1, 0.15) is 59.3 Å². The third-order valence-electron chi connectivity index (χ3n) is 8.65. The average molecular weight is 501 g/mol. The number of nitrogens with one attached hydrogen (secondary N) is 1. The van der Waals surface area contributed by atoms with Crippen molar-refractivity contribution in [3.63, 3.8) is 0 Å². The minimum atomic E-state index is -0.131. The molecule has 0 radical (unpaired) electrons. The Morgan fingerprint density at radius 1 is 1.08 bits per heavy atom. The maximum Gasteiger partial charge on any atom is 0.228 e. The van der Waals surface area contributed by atoms with Gasteiger partial charge in [-0.2, -0.15) is 0 Å². The fraction of sp³-hybridized carbons (Fsp3) is 0.467. The number of piperidine rings is 1. The van der Waals surface area contributed by atoms with E-state index in [0.29, 0.717) is 11.8 Å². The number of rotatable bonds is 4. The van der Waals surface area contributed by atoms with Crippen molar-refractivity contribution in [2.45, 2.75) is 49.5 Å². The number of thiazole rings is 1. The average Bonchev–Trinajstić information content (AvgIpc) is 3.55. The molecule has 2 aliphatic heterocycles. The summed E-state index contributed by atoms with van der Waals surface area (Å²) in [5.41, 5.74) is 3.73. The van der Waals surface area contributed by atoms with Gasteiger partial charge in [-0.05, 0) is 49.1 Å². The zero-order valence-corrected chi connectivity index (χ0v) is 22.1. The molecular weight excluding hydrogens is 464 g/mol. The Morgan fingerprint density at radius 2 is 1.81 bits per heavy atom. The van der Waals surface area contributed by atoms with Crippen LogP contribution in [0.4, 0.5) is 5.13 Å². The van der Waals surface area contributed by atoms with Crippen molar-refractivity contribution in [2.75, 3.05) is 38.6 Å². The number of nitrogens with zero attached hydrogens (tertiary/aromatic N) is 3. The van der Waals surface area contributed by atoms with Crippen molar-refractivity contribution < 1.29 is 4.79 Å². The van der Waals surface area contributed by atoms with E-state index in [9.17, 15) is 4.79 Å². The van der Waals surface area contributed by atoms with E-state index < -0.39 is 0 Å². The highest BCUT2D eigenvalue weighted by Gasteiger charge is 2.53. The summed E-state index contributed by atoms with van der Waals surface area (Å²) in [7, 11) is 4.13. The van der Waals surface area contributed by atoms with E-state index >= 15 is 0 Å². The van der Waals surface area contributed by atoms with Gasteiger partial charge in [0, 0.05) is 44.0 Å². The van der Waals surface area contributed by atoms with E-state index in [1.54, 1.807) is 11.3 Å². The van der Waals surface area contributed by atoms with Crippen LogP contribution in [-0.4, -0.2) is 49.5 Å². The number of anilines is 1. The standard InChI is InChI=1S/C30H36N4OS/c1-33(2)29-32-25-14-9-16-30(27(25)36-29)20-31-19-24(30)28(35)34-17-15-23(21-10-5-3-6-11-21)18-26(34)22-12-7-4-8-13-22/h3-8,10-13,23-24,26,31H,9,14-20H2,1-2H3/t23-,24+,26+,30-/m1/s1. The maximum absolute atomic E-state index is 14.5. The molecule has 0 saturated carbocycles. The lowest BCUT2D eigenvalue weighted by molar-refractivity contribution is -0.141. The lowest BCUT2D eigenvalue weighted by atomic mass is 9.68. The van der Waals surface area contributed by atoms with Gasteiger partial charge in [0.1, 0.15) is 0 Å². The number of fused-ring (bicyclic) bond motifs is 2. The molecule has 36 heavy (non-hydrogen) atoms. The van der Waals surface area contributed by atoms with Crippen LogP contribution in [0.2, 0.25) is 0 Å². The van der Waals surface area contributed by atoms with E-state index in [1.807, 2.05) is 0 Å². The smallest absolute Gasteiger partial charge is 0.228 e. The van der Waals surface area contributed by atoms with Crippen LogP contribution in [0.3, 0.4) is 0 Å². The molecule has 0 bridgehead atoms. The van der Waals surface area contributed by atoms with Gasteiger partial charge in [-0.15, -0.1) is 11.3 Å². The van der Waals surface area contributed by atoms with Gasteiger partial charge in [-0.1, -0.05) is 60.7 Å². The predicted molar refractivity (Wildman–Crippen MR) is 147 cm³/mol. The first kappa shape index (κ1) is 23.7. The molecule has 3 aromatic rings. The summed E-state index contributed by atoms with van der Waals surface area (Å²) in [5, 5.41) is 4.70. The van der Waals surface area contributed by atoms with Gasteiger partial charge in [0.05, 0.1) is 17.7 Å². The molecule has 6 heteroatoms. The molecule has 3 aliphatic rings. The number of carbonyl (C=O) groups is 1. The summed E-state index contributed by atoms with van der Waals surface area (Å²) in [6.07, 6.45) is 5.19. The fourth-order valence-electron chi connectivity index (χ4n) is 6.81. The largest absolute Gasteiger partial charge is 0.354 e. The van der Waals surface area contributed by atoms with Crippen LogP contribution in [0.25, 0.3) is 0 Å². The molecule has 188 valence electrons. The second kappa shape index (κ2) is 9.64. The van der Waals surface area contributed by atoms with Gasteiger partial charge in [0.15, 0.2) is 5.13 Å². The molecule has 1 N–H and O–H groups in total. The summed E-state index contributed by atoms with van der Waals surface area (Å²) in [6.45, 7) is 2.44. The van der Waals surface area contributed by atoms with Gasteiger partial charge in [0.25, 0.3) is 0 Å². The SMILES string of the molecule is CN(C)c1nc2c(s1)[C@]1(CCC2)CNC[C@H]1C(=O)N1CC[C@@H](c2ccccc2)C[C@H]1c1ccccc1. The molecule has 1 aliphatic carbocycles. The molecule has 0 unspecified atom stereocenters. The first-order valence-corrected chi connectivity index (χ1v) is 14.2. The highest BCUT2D eigenvalue weighted by atomic mass is 32.1. The van der Waals surface area contributed by atoms with Crippen molar-refractivity contribution in [1.29, 1.82) is 0 Å². The van der Waals surface area contributed by atoms with E-state index in [1.165, 1.54) is 21.7 Å². The minimum Gasteiger partial charge on any atom is -0.354 e. The van der Waals surface area contributed by atoms with Crippen molar-refractivity contribution in [2.24, 2.45) is 5.92 Å². The van der Waals surface area contributed by atoms with Crippen LogP contribution >= 0.6 is 11.3 Å². The van der Waals surface area contributed by atoms with Crippen LogP contribution < -0.4 is 10.2 Å². The first-order chi connectivity index (χ1) is 17.6. The fourth-order valence-corrected chi connectivity index (χ4v) is 8.11. The van der Waals surface area contributed by atoms with Crippen molar-refractivity contribution in [3.8, 4) is 0 Å². The van der Waals surface area contributed by atoms with Gasteiger partial charge < -0.3 is 15.1 Å². The second-order valence-corrected chi connectivity index (χ2v) is 11.9. The van der Waals surface area contributed by atoms with Crippen LogP contribution in [0.15, 0.2) is 60.7 Å². The summed E-state index contributed by atoms with van der Waals surface area (Å²) in [6, 6.07) is 21.6. The van der Waals surface area contributed by atoms with E-state index in [0.717, 1.165) is 56.9 Å². The molecule has 1 spiro atoms.